The topological polar surface area (TPSA) is 90.1 Å². The molecule has 36 heavy (non-hydrogen) atoms. The van der Waals surface area contributed by atoms with Crippen LogP contribution in [0.25, 0.3) is 22.2 Å². The molecule has 1 fully saturated rings. The van der Waals surface area contributed by atoms with Gasteiger partial charge < -0.3 is 9.26 Å². The van der Waals surface area contributed by atoms with Gasteiger partial charge in [-0.15, -0.1) is 10.2 Å². The van der Waals surface area contributed by atoms with Crippen molar-refractivity contribution in [1.29, 1.82) is 0 Å². The summed E-state index contributed by atoms with van der Waals surface area (Å²) in [5.41, 5.74) is 4.39. The summed E-state index contributed by atoms with van der Waals surface area (Å²) in [5.74, 6) is 2.08. The number of ether oxygens (including phenoxy) is 1. The number of aromatic nitrogens is 5. The van der Waals surface area contributed by atoms with Crippen LogP contribution >= 0.6 is 11.3 Å². The van der Waals surface area contributed by atoms with Crippen LogP contribution in [-0.2, 0) is 4.74 Å². The first-order valence-electron chi connectivity index (χ1n) is 12.7. The largest absolute Gasteiger partial charge is 0.361 e. The first-order valence-corrected chi connectivity index (χ1v) is 17.2. The second kappa shape index (κ2) is 10.4. The average Bonchev–Trinajstić information content (AvgIpc) is 3.59. The quantitative estimate of drug-likeness (QED) is 0.134. The Morgan fingerprint density at radius 2 is 1.92 bits per heavy atom. The average molecular weight is 523 g/mol. The Labute approximate surface area is 217 Å². The number of hydrogen-bond donors (Lipinski definition) is 0. The molecule has 0 bridgehead atoms. The highest BCUT2D eigenvalue weighted by atomic mass is 32.1. The maximum atomic E-state index is 6.16. The fourth-order valence-corrected chi connectivity index (χ4v) is 6.37. The molecule has 0 N–H and O–H groups in total. The highest BCUT2D eigenvalue weighted by Crippen LogP contribution is 2.38. The summed E-state index contributed by atoms with van der Waals surface area (Å²) in [6.45, 7) is 12.1. The number of anilines is 2. The van der Waals surface area contributed by atoms with Crippen molar-refractivity contribution in [2.45, 2.75) is 71.1 Å². The second-order valence-electron chi connectivity index (χ2n) is 10.8. The summed E-state index contributed by atoms with van der Waals surface area (Å²) in [6.07, 6.45) is 6.80. The standard InChI is InChI=1S/C26H34N6O2SSi/c1-17-24(18(2)34-31-17)20-14-22-21(27-15-20)10-11-23(28-22)32(16-33-12-13-36(3,4)5)26-30-29-25(35-26)19-8-6-7-9-19/h10-11,14-15,19H,6-9,12-13,16H2,1-5H3. The molecule has 0 aliphatic heterocycles. The van der Waals surface area contributed by atoms with Gasteiger partial charge in [-0.3, -0.25) is 9.88 Å². The van der Waals surface area contributed by atoms with Gasteiger partial charge in [0, 0.05) is 37.9 Å². The lowest BCUT2D eigenvalue weighted by Crippen LogP contribution is -2.26. The summed E-state index contributed by atoms with van der Waals surface area (Å²) < 4.78 is 11.5. The van der Waals surface area contributed by atoms with E-state index < -0.39 is 8.07 Å². The molecule has 0 aromatic carbocycles. The van der Waals surface area contributed by atoms with E-state index in [1.54, 1.807) is 11.3 Å². The zero-order valence-electron chi connectivity index (χ0n) is 21.7. The number of pyridine rings is 2. The van der Waals surface area contributed by atoms with Crippen molar-refractivity contribution in [3.8, 4) is 11.1 Å². The van der Waals surface area contributed by atoms with Gasteiger partial charge >= 0.3 is 0 Å². The van der Waals surface area contributed by atoms with Crippen LogP contribution in [0.3, 0.4) is 0 Å². The fourth-order valence-electron chi connectivity index (χ4n) is 4.60. The van der Waals surface area contributed by atoms with Gasteiger partial charge in [0.05, 0.1) is 16.7 Å². The number of fused-ring (bicyclic) bond motifs is 1. The molecule has 8 nitrogen and oxygen atoms in total. The predicted octanol–water partition coefficient (Wildman–Crippen LogP) is 6.86. The van der Waals surface area contributed by atoms with Crippen LogP contribution in [0.5, 0.6) is 0 Å². The Hall–Kier alpha value is -2.69. The molecule has 1 saturated carbocycles. The fraction of sp³-hybridized carbons (Fsp3) is 0.500. The van der Waals surface area contributed by atoms with Crippen molar-refractivity contribution >= 4 is 41.4 Å². The third kappa shape index (κ3) is 5.50. The highest BCUT2D eigenvalue weighted by Gasteiger charge is 2.24. The van der Waals surface area contributed by atoms with Crippen molar-refractivity contribution in [2.24, 2.45) is 0 Å². The van der Waals surface area contributed by atoms with E-state index in [9.17, 15) is 0 Å². The zero-order chi connectivity index (χ0) is 25.3. The monoisotopic (exact) mass is 522 g/mol. The van der Waals surface area contributed by atoms with E-state index in [1.165, 1.54) is 25.7 Å². The van der Waals surface area contributed by atoms with Gasteiger partial charge in [-0.2, -0.15) is 0 Å². The van der Waals surface area contributed by atoms with E-state index >= 15 is 0 Å². The predicted molar refractivity (Wildman–Crippen MR) is 147 cm³/mol. The summed E-state index contributed by atoms with van der Waals surface area (Å²) in [7, 11) is -1.19. The maximum absolute atomic E-state index is 6.16. The molecule has 190 valence electrons. The number of hydrogen-bond acceptors (Lipinski definition) is 9. The van der Waals surface area contributed by atoms with E-state index in [2.05, 4.69) is 40.0 Å². The number of nitrogens with zero attached hydrogens (tertiary/aromatic N) is 6. The van der Waals surface area contributed by atoms with Crippen molar-refractivity contribution in [2.75, 3.05) is 18.2 Å². The number of aryl methyl sites for hydroxylation is 2. The molecular formula is C26H34N6O2SSi. The molecule has 10 heteroatoms. The minimum absolute atomic E-state index is 0.388. The van der Waals surface area contributed by atoms with Crippen LogP contribution in [0.4, 0.5) is 10.9 Å². The van der Waals surface area contributed by atoms with E-state index in [0.717, 1.165) is 62.2 Å². The van der Waals surface area contributed by atoms with E-state index in [4.69, 9.17) is 14.2 Å². The SMILES string of the molecule is Cc1noc(C)c1-c1cnc2ccc(N(COCC[Si](C)(C)C)c3nnc(C4CCCC4)s3)nc2c1. The van der Waals surface area contributed by atoms with Crippen LogP contribution in [0.15, 0.2) is 28.9 Å². The summed E-state index contributed by atoms with van der Waals surface area (Å²) in [5, 5.41) is 15.2. The Bertz CT molecular complexity index is 1320. The molecule has 5 rings (SSSR count). The second-order valence-corrected chi connectivity index (χ2v) is 17.4. The molecule has 4 heterocycles. The molecule has 0 radical (unpaired) electrons. The molecule has 0 spiro atoms. The van der Waals surface area contributed by atoms with Crippen LogP contribution in [0.2, 0.25) is 25.7 Å². The van der Waals surface area contributed by atoms with Crippen LogP contribution in [-0.4, -0.2) is 46.7 Å². The van der Waals surface area contributed by atoms with Gasteiger partial charge in [0.2, 0.25) is 5.13 Å². The zero-order valence-corrected chi connectivity index (χ0v) is 23.6. The molecule has 4 aromatic rings. The van der Waals surface area contributed by atoms with Crippen molar-refractivity contribution in [1.82, 2.24) is 25.3 Å². The van der Waals surface area contributed by atoms with Crippen molar-refractivity contribution < 1.29 is 9.26 Å². The maximum Gasteiger partial charge on any atom is 0.215 e. The normalized spacial score (nSPS) is 14.7. The molecule has 0 atom stereocenters. The van der Waals surface area contributed by atoms with Gasteiger partial charge in [0.1, 0.15) is 23.3 Å². The Morgan fingerprint density at radius 1 is 1.11 bits per heavy atom. The van der Waals surface area contributed by atoms with E-state index in [1.807, 2.05) is 43.1 Å². The van der Waals surface area contributed by atoms with Crippen LogP contribution in [0.1, 0.15) is 48.1 Å². The van der Waals surface area contributed by atoms with Crippen LogP contribution < -0.4 is 4.90 Å². The minimum Gasteiger partial charge on any atom is -0.361 e. The Balaban J connectivity index is 1.47. The molecule has 4 aromatic heterocycles. The minimum atomic E-state index is -1.19. The third-order valence-electron chi connectivity index (χ3n) is 6.70. The molecule has 1 aliphatic rings. The van der Waals surface area contributed by atoms with Crippen molar-refractivity contribution in [3.63, 3.8) is 0 Å². The smallest absolute Gasteiger partial charge is 0.215 e. The molecule has 0 saturated heterocycles. The van der Waals surface area contributed by atoms with Gasteiger partial charge in [0.15, 0.2) is 0 Å². The van der Waals surface area contributed by atoms with Crippen molar-refractivity contribution in [3.05, 3.63) is 40.9 Å². The lowest BCUT2D eigenvalue weighted by molar-refractivity contribution is 0.153. The van der Waals surface area contributed by atoms with Gasteiger partial charge in [0.25, 0.3) is 0 Å². The molecule has 0 unspecified atom stereocenters. The lowest BCUT2D eigenvalue weighted by Gasteiger charge is -2.22. The summed E-state index contributed by atoms with van der Waals surface area (Å²) >= 11 is 1.66. The Kier molecular flexibility index (Phi) is 7.18. The van der Waals surface area contributed by atoms with E-state index in [-0.39, 0.29) is 0 Å². The Morgan fingerprint density at radius 3 is 2.64 bits per heavy atom. The first-order chi connectivity index (χ1) is 17.3. The lowest BCUT2D eigenvalue weighted by atomic mass is 10.1. The van der Waals surface area contributed by atoms with Gasteiger partial charge in [-0.1, -0.05) is 49.0 Å². The van der Waals surface area contributed by atoms with Gasteiger partial charge in [-0.25, -0.2) is 4.98 Å². The van der Waals surface area contributed by atoms with E-state index in [0.29, 0.717) is 12.6 Å². The highest BCUT2D eigenvalue weighted by molar-refractivity contribution is 7.15. The molecule has 1 aliphatic carbocycles. The third-order valence-corrected chi connectivity index (χ3v) is 9.52. The first kappa shape index (κ1) is 25.0. The molecular weight excluding hydrogens is 488 g/mol. The summed E-state index contributed by atoms with van der Waals surface area (Å²) in [6, 6.07) is 7.15. The van der Waals surface area contributed by atoms with Gasteiger partial charge in [-0.05, 0) is 50.9 Å². The molecule has 0 amide bonds. The van der Waals surface area contributed by atoms with Crippen LogP contribution in [0, 0.1) is 13.8 Å². The summed E-state index contributed by atoms with van der Waals surface area (Å²) in [4.78, 5) is 11.7. The number of rotatable bonds is 9.